The Balaban J connectivity index is 4.21. The highest BCUT2D eigenvalue weighted by Crippen LogP contribution is 2.26. The van der Waals surface area contributed by atoms with Gasteiger partial charge in [0, 0.05) is 11.7 Å². The van der Waals surface area contributed by atoms with Gasteiger partial charge in [-0.15, -0.1) is 11.8 Å². The molecule has 1 atom stereocenters. The molecule has 0 N–H and O–H groups in total. The number of hydrogen-bond donors (Lipinski definition) is 0. The van der Waals surface area contributed by atoms with Gasteiger partial charge in [-0.2, -0.15) is 0 Å². The molecule has 0 saturated heterocycles. The van der Waals surface area contributed by atoms with Gasteiger partial charge < -0.3 is 0 Å². The number of Topliss-reactive ketones (excluding diaryl/α,β-unsaturated/α-hetero) is 2. The SMILES string of the molecule is CCC(CC)SC(CC(C)=O)C(C)=O. The zero-order valence-corrected chi connectivity index (χ0v) is 10.3. The van der Waals surface area contributed by atoms with Gasteiger partial charge in [0.2, 0.25) is 0 Å². The van der Waals surface area contributed by atoms with Gasteiger partial charge in [0.15, 0.2) is 0 Å². The molecule has 0 bridgehead atoms. The van der Waals surface area contributed by atoms with Crippen LogP contribution in [0.15, 0.2) is 0 Å². The molecule has 2 nitrogen and oxygen atoms in total. The minimum atomic E-state index is -0.127. The molecule has 0 heterocycles. The van der Waals surface area contributed by atoms with Crippen LogP contribution in [-0.4, -0.2) is 22.1 Å². The van der Waals surface area contributed by atoms with E-state index in [-0.39, 0.29) is 16.8 Å². The number of hydrogen-bond acceptors (Lipinski definition) is 3. The average Bonchev–Trinajstić information content (AvgIpc) is 2.11. The van der Waals surface area contributed by atoms with Crippen molar-refractivity contribution in [2.24, 2.45) is 0 Å². The largest absolute Gasteiger partial charge is 0.300 e. The third-order valence-corrected chi connectivity index (χ3v) is 4.07. The fraction of sp³-hybridized carbons (Fsp3) is 0.818. The number of carbonyl (C=O) groups excluding carboxylic acids is 2. The topological polar surface area (TPSA) is 34.1 Å². The Morgan fingerprint density at radius 1 is 1.14 bits per heavy atom. The number of carbonyl (C=O) groups is 2. The van der Waals surface area contributed by atoms with Gasteiger partial charge in [0.25, 0.3) is 0 Å². The van der Waals surface area contributed by atoms with E-state index in [1.165, 1.54) is 0 Å². The smallest absolute Gasteiger partial charge is 0.143 e. The van der Waals surface area contributed by atoms with Crippen LogP contribution >= 0.6 is 11.8 Å². The monoisotopic (exact) mass is 216 g/mol. The first-order valence-corrected chi connectivity index (χ1v) is 6.10. The fourth-order valence-electron chi connectivity index (χ4n) is 1.26. The predicted molar refractivity (Wildman–Crippen MR) is 61.7 cm³/mol. The molecule has 3 heteroatoms. The third-order valence-electron chi connectivity index (χ3n) is 2.19. The van der Waals surface area contributed by atoms with E-state index in [1.54, 1.807) is 25.6 Å². The van der Waals surface area contributed by atoms with Crippen LogP contribution < -0.4 is 0 Å². The van der Waals surface area contributed by atoms with Gasteiger partial charge in [0.1, 0.15) is 11.6 Å². The molecule has 82 valence electrons. The summed E-state index contributed by atoms with van der Waals surface area (Å²) in [6, 6.07) is 0. The molecule has 0 amide bonds. The lowest BCUT2D eigenvalue weighted by Gasteiger charge is -2.18. The number of thioether (sulfide) groups is 1. The molecule has 1 unspecified atom stereocenters. The maximum atomic E-state index is 11.3. The van der Waals surface area contributed by atoms with Crippen LogP contribution in [0.5, 0.6) is 0 Å². The van der Waals surface area contributed by atoms with E-state index in [4.69, 9.17) is 0 Å². The summed E-state index contributed by atoms with van der Waals surface area (Å²) in [4.78, 5) is 22.2. The van der Waals surface area contributed by atoms with Crippen LogP contribution in [0.4, 0.5) is 0 Å². The lowest BCUT2D eigenvalue weighted by Crippen LogP contribution is -2.20. The quantitative estimate of drug-likeness (QED) is 0.656. The van der Waals surface area contributed by atoms with Crippen molar-refractivity contribution < 1.29 is 9.59 Å². The van der Waals surface area contributed by atoms with Gasteiger partial charge in [-0.05, 0) is 26.7 Å². The Bertz CT molecular complexity index is 197. The molecule has 0 fully saturated rings. The van der Waals surface area contributed by atoms with E-state index in [2.05, 4.69) is 13.8 Å². The van der Waals surface area contributed by atoms with E-state index in [9.17, 15) is 9.59 Å². The van der Waals surface area contributed by atoms with Crippen LogP contribution in [0.3, 0.4) is 0 Å². The Kier molecular flexibility index (Phi) is 6.89. The molecule has 0 aromatic carbocycles. The highest BCUT2D eigenvalue weighted by Gasteiger charge is 2.20. The molecule has 0 aliphatic carbocycles. The van der Waals surface area contributed by atoms with Crippen LogP contribution in [0.25, 0.3) is 0 Å². The van der Waals surface area contributed by atoms with E-state index in [0.29, 0.717) is 11.7 Å². The lowest BCUT2D eigenvalue weighted by molar-refractivity contribution is -0.121. The van der Waals surface area contributed by atoms with Gasteiger partial charge in [-0.25, -0.2) is 0 Å². The molecule has 0 radical (unpaired) electrons. The van der Waals surface area contributed by atoms with Crippen LogP contribution in [0, 0.1) is 0 Å². The van der Waals surface area contributed by atoms with Crippen LogP contribution in [0.1, 0.15) is 47.0 Å². The Labute approximate surface area is 90.8 Å². The summed E-state index contributed by atoms with van der Waals surface area (Å²) in [7, 11) is 0. The first-order chi connectivity index (χ1) is 6.51. The summed E-state index contributed by atoms with van der Waals surface area (Å²) in [5.74, 6) is 0.223. The van der Waals surface area contributed by atoms with Crippen molar-refractivity contribution in [1.29, 1.82) is 0 Å². The molecule has 0 aliphatic heterocycles. The first-order valence-electron chi connectivity index (χ1n) is 5.16. The highest BCUT2D eigenvalue weighted by molar-refractivity contribution is 8.01. The standard InChI is InChI=1S/C11H20O2S/c1-5-10(6-2)14-11(9(4)13)7-8(3)12/h10-11H,5-7H2,1-4H3. The summed E-state index contributed by atoms with van der Waals surface area (Å²) in [6.45, 7) is 7.35. The maximum Gasteiger partial charge on any atom is 0.143 e. The zero-order chi connectivity index (χ0) is 11.1. The Hall–Kier alpha value is -0.310. The molecule has 0 spiro atoms. The van der Waals surface area contributed by atoms with Crippen LogP contribution in [0.2, 0.25) is 0 Å². The molecular weight excluding hydrogens is 196 g/mol. The molecule has 0 aromatic heterocycles. The Morgan fingerprint density at radius 3 is 1.93 bits per heavy atom. The number of rotatable bonds is 7. The van der Waals surface area contributed by atoms with Gasteiger partial charge in [-0.1, -0.05) is 13.8 Å². The third kappa shape index (κ3) is 5.43. The number of ketones is 2. The van der Waals surface area contributed by atoms with E-state index in [0.717, 1.165) is 12.8 Å². The summed E-state index contributed by atoms with van der Waals surface area (Å²) in [5.41, 5.74) is 0. The minimum absolute atomic E-state index is 0.101. The zero-order valence-electron chi connectivity index (χ0n) is 9.50. The average molecular weight is 216 g/mol. The van der Waals surface area contributed by atoms with E-state index < -0.39 is 0 Å². The van der Waals surface area contributed by atoms with E-state index in [1.807, 2.05) is 0 Å². The molecule has 0 aliphatic rings. The van der Waals surface area contributed by atoms with Crippen molar-refractivity contribution >= 4 is 23.3 Å². The fourth-order valence-corrected chi connectivity index (χ4v) is 2.63. The second kappa shape index (κ2) is 7.04. The highest BCUT2D eigenvalue weighted by atomic mass is 32.2. The molecule has 0 rings (SSSR count). The first kappa shape index (κ1) is 13.7. The summed E-state index contributed by atoms with van der Waals surface area (Å²) in [6.07, 6.45) is 2.50. The van der Waals surface area contributed by atoms with E-state index >= 15 is 0 Å². The van der Waals surface area contributed by atoms with Crippen molar-refractivity contribution in [3.8, 4) is 0 Å². The minimum Gasteiger partial charge on any atom is -0.300 e. The van der Waals surface area contributed by atoms with Crippen molar-refractivity contribution in [3.05, 3.63) is 0 Å². The molecule has 0 saturated carbocycles. The van der Waals surface area contributed by atoms with Crippen molar-refractivity contribution in [2.45, 2.75) is 57.5 Å². The second-order valence-corrected chi connectivity index (χ2v) is 5.09. The lowest BCUT2D eigenvalue weighted by atomic mass is 10.2. The molecule has 14 heavy (non-hydrogen) atoms. The van der Waals surface area contributed by atoms with Crippen molar-refractivity contribution in [2.75, 3.05) is 0 Å². The van der Waals surface area contributed by atoms with Crippen molar-refractivity contribution in [1.82, 2.24) is 0 Å². The van der Waals surface area contributed by atoms with Crippen molar-refractivity contribution in [3.63, 3.8) is 0 Å². The maximum absolute atomic E-state index is 11.3. The molecular formula is C11H20O2S. The summed E-state index contributed by atoms with van der Waals surface area (Å²) in [5, 5.41) is 0.376. The normalized spacial score (nSPS) is 12.9. The summed E-state index contributed by atoms with van der Waals surface area (Å²) >= 11 is 1.66. The van der Waals surface area contributed by atoms with Crippen LogP contribution in [-0.2, 0) is 9.59 Å². The van der Waals surface area contributed by atoms with Gasteiger partial charge in [-0.3, -0.25) is 9.59 Å². The molecule has 0 aromatic rings. The predicted octanol–water partition coefficient (Wildman–Crippen LogP) is 2.84. The Morgan fingerprint density at radius 2 is 1.64 bits per heavy atom. The van der Waals surface area contributed by atoms with Gasteiger partial charge in [0.05, 0.1) is 5.25 Å². The summed E-state index contributed by atoms with van der Waals surface area (Å²) < 4.78 is 0. The second-order valence-electron chi connectivity index (χ2n) is 3.58. The van der Waals surface area contributed by atoms with Gasteiger partial charge >= 0.3 is 0 Å².